The zero-order valence-corrected chi connectivity index (χ0v) is 19.2. The number of aliphatic hydroxyl groups is 1. The molecule has 3 aromatic rings. The van der Waals surface area contributed by atoms with E-state index in [4.69, 9.17) is 0 Å². The van der Waals surface area contributed by atoms with E-state index in [9.17, 15) is 9.90 Å². The van der Waals surface area contributed by atoms with E-state index in [1.807, 2.05) is 30.3 Å². The van der Waals surface area contributed by atoms with Crippen molar-refractivity contribution in [2.75, 3.05) is 25.0 Å². The highest BCUT2D eigenvalue weighted by molar-refractivity contribution is 6.02. The molecule has 4 rings (SSSR count). The lowest BCUT2D eigenvalue weighted by Gasteiger charge is -2.31. The third-order valence-electron chi connectivity index (χ3n) is 6.19. The molecule has 33 heavy (non-hydrogen) atoms. The van der Waals surface area contributed by atoms with E-state index in [2.05, 4.69) is 65.7 Å². The molecule has 1 atom stereocenters. The lowest BCUT2D eigenvalue weighted by Crippen LogP contribution is -2.36. The molecule has 1 heterocycles. The summed E-state index contributed by atoms with van der Waals surface area (Å²) in [7, 11) is 0. The number of rotatable bonds is 7. The van der Waals surface area contributed by atoms with Crippen molar-refractivity contribution in [1.29, 1.82) is 0 Å². The van der Waals surface area contributed by atoms with E-state index < -0.39 is 0 Å². The molecular weight excluding hydrogens is 408 g/mol. The first kappa shape index (κ1) is 23.0. The fourth-order valence-electron chi connectivity index (χ4n) is 4.32. The van der Waals surface area contributed by atoms with Gasteiger partial charge in [-0.3, -0.25) is 9.69 Å². The predicted molar refractivity (Wildman–Crippen MR) is 136 cm³/mol. The summed E-state index contributed by atoms with van der Waals surface area (Å²) in [5, 5.41) is 12.4. The molecule has 0 aromatic heterocycles. The Morgan fingerprint density at radius 1 is 1.06 bits per heavy atom. The number of likely N-dealkylation sites (tertiary alicyclic amines) is 1. The SMILES string of the molecule is Cc1ccc(-c2cccc(/C=C/C(=O)Nc3ccc(CN4CCCC(CO)C4)cc3)c2)cc1. The second-order valence-electron chi connectivity index (χ2n) is 8.94. The molecule has 1 saturated heterocycles. The monoisotopic (exact) mass is 440 g/mol. The van der Waals surface area contributed by atoms with Crippen LogP contribution in [0.25, 0.3) is 17.2 Å². The number of hydrogen-bond acceptors (Lipinski definition) is 3. The Kier molecular flexibility index (Phi) is 7.71. The number of carbonyl (C=O) groups is 1. The third kappa shape index (κ3) is 6.64. The molecule has 0 aliphatic carbocycles. The molecule has 0 bridgehead atoms. The summed E-state index contributed by atoms with van der Waals surface area (Å²) in [6.45, 7) is 5.25. The Balaban J connectivity index is 1.32. The Bertz CT molecular complexity index is 1090. The van der Waals surface area contributed by atoms with Gasteiger partial charge < -0.3 is 10.4 Å². The zero-order chi connectivity index (χ0) is 23.0. The highest BCUT2D eigenvalue weighted by atomic mass is 16.3. The summed E-state index contributed by atoms with van der Waals surface area (Å²) in [4.78, 5) is 14.8. The quantitative estimate of drug-likeness (QED) is 0.476. The number of nitrogens with one attached hydrogen (secondary N) is 1. The van der Waals surface area contributed by atoms with Gasteiger partial charge in [0.2, 0.25) is 5.91 Å². The Labute approximate surface area is 196 Å². The van der Waals surface area contributed by atoms with Gasteiger partial charge in [-0.2, -0.15) is 0 Å². The second-order valence-corrected chi connectivity index (χ2v) is 8.94. The maximum Gasteiger partial charge on any atom is 0.248 e. The summed E-state index contributed by atoms with van der Waals surface area (Å²) in [6.07, 6.45) is 5.67. The van der Waals surface area contributed by atoms with E-state index in [1.165, 1.54) is 11.1 Å². The topological polar surface area (TPSA) is 52.6 Å². The van der Waals surface area contributed by atoms with Gasteiger partial charge in [-0.05, 0) is 78.8 Å². The third-order valence-corrected chi connectivity index (χ3v) is 6.19. The van der Waals surface area contributed by atoms with Crippen molar-refractivity contribution in [3.8, 4) is 11.1 Å². The summed E-state index contributed by atoms with van der Waals surface area (Å²) >= 11 is 0. The standard InChI is InChI=1S/C29H32N2O2/c1-22-7-12-26(13-8-22)27-6-2-4-23(18-27)11-16-29(33)30-28-14-9-24(10-15-28)19-31-17-3-5-25(20-31)21-32/h2,4,6-16,18,25,32H,3,5,17,19-21H2,1H3,(H,30,33)/b16-11+. The maximum atomic E-state index is 12.4. The van der Waals surface area contributed by atoms with E-state index in [1.54, 1.807) is 6.08 Å². The number of nitrogens with zero attached hydrogens (tertiary/aromatic N) is 1. The zero-order valence-electron chi connectivity index (χ0n) is 19.2. The van der Waals surface area contributed by atoms with Gasteiger partial charge in [-0.25, -0.2) is 0 Å². The average Bonchev–Trinajstić information content (AvgIpc) is 2.85. The number of piperidine rings is 1. The number of anilines is 1. The fraction of sp³-hybridized carbons (Fsp3) is 0.276. The van der Waals surface area contributed by atoms with E-state index in [0.29, 0.717) is 5.92 Å². The van der Waals surface area contributed by atoms with Gasteiger partial charge in [-0.15, -0.1) is 0 Å². The summed E-state index contributed by atoms with van der Waals surface area (Å²) in [6, 6.07) is 24.6. The smallest absolute Gasteiger partial charge is 0.248 e. The van der Waals surface area contributed by atoms with Crippen LogP contribution in [0.1, 0.15) is 29.5 Å². The molecule has 1 aliphatic rings. The van der Waals surface area contributed by atoms with Crippen molar-refractivity contribution < 1.29 is 9.90 Å². The number of aryl methyl sites for hydroxylation is 1. The molecule has 4 heteroatoms. The molecule has 3 aromatic carbocycles. The molecule has 0 spiro atoms. The first-order valence-corrected chi connectivity index (χ1v) is 11.7. The van der Waals surface area contributed by atoms with Gasteiger partial charge in [0, 0.05) is 31.5 Å². The first-order valence-electron chi connectivity index (χ1n) is 11.7. The minimum atomic E-state index is -0.148. The van der Waals surface area contributed by atoms with Gasteiger partial charge in [0.15, 0.2) is 0 Å². The van der Waals surface area contributed by atoms with Crippen molar-refractivity contribution in [2.24, 2.45) is 5.92 Å². The summed E-state index contributed by atoms with van der Waals surface area (Å²) in [5.41, 5.74) is 6.52. The molecule has 1 aliphatic heterocycles. The number of hydrogen-bond donors (Lipinski definition) is 2. The van der Waals surface area contributed by atoms with Crippen molar-refractivity contribution in [3.05, 3.63) is 95.6 Å². The summed E-state index contributed by atoms with van der Waals surface area (Å²) in [5.74, 6) is 0.243. The Morgan fingerprint density at radius 3 is 2.61 bits per heavy atom. The van der Waals surface area contributed by atoms with Crippen LogP contribution in [0, 0.1) is 12.8 Å². The van der Waals surface area contributed by atoms with Gasteiger partial charge in [0.25, 0.3) is 0 Å². The van der Waals surface area contributed by atoms with Crippen LogP contribution in [-0.2, 0) is 11.3 Å². The minimum absolute atomic E-state index is 0.148. The van der Waals surface area contributed by atoms with Gasteiger partial charge in [0.1, 0.15) is 0 Å². The van der Waals surface area contributed by atoms with Crippen LogP contribution < -0.4 is 5.32 Å². The number of carbonyl (C=O) groups excluding carboxylic acids is 1. The summed E-state index contributed by atoms with van der Waals surface area (Å²) < 4.78 is 0. The normalized spacial score (nSPS) is 16.7. The molecule has 4 nitrogen and oxygen atoms in total. The van der Waals surface area contributed by atoms with Gasteiger partial charge in [0.05, 0.1) is 0 Å². The van der Waals surface area contributed by atoms with Crippen molar-refractivity contribution >= 4 is 17.7 Å². The minimum Gasteiger partial charge on any atom is -0.396 e. The molecule has 2 N–H and O–H groups in total. The van der Waals surface area contributed by atoms with E-state index in [0.717, 1.165) is 54.9 Å². The maximum absolute atomic E-state index is 12.4. The van der Waals surface area contributed by atoms with Crippen molar-refractivity contribution in [1.82, 2.24) is 4.90 Å². The largest absolute Gasteiger partial charge is 0.396 e. The number of aliphatic hydroxyl groups excluding tert-OH is 1. The van der Waals surface area contributed by atoms with Crippen LogP contribution in [-0.4, -0.2) is 35.6 Å². The van der Waals surface area contributed by atoms with Gasteiger partial charge in [-0.1, -0.05) is 60.2 Å². The van der Waals surface area contributed by atoms with E-state index in [-0.39, 0.29) is 12.5 Å². The van der Waals surface area contributed by atoms with Crippen LogP contribution in [0.15, 0.2) is 78.9 Å². The molecule has 1 amide bonds. The Morgan fingerprint density at radius 2 is 1.85 bits per heavy atom. The highest BCUT2D eigenvalue weighted by Crippen LogP contribution is 2.22. The number of benzene rings is 3. The second kappa shape index (κ2) is 11.1. The van der Waals surface area contributed by atoms with Crippen LogP contribution in [0.3, 0.4) is 0 Å². The van der Waals surface area contributed by atoms with Crippen LogP contribution in [0.2, 0.25) is 0 Å². The fourth-order valence-corrected chi connectivity index (χ4v) is 4.32. The predicted octanol–water partition coefficient (Wildman–Crippen LogP) is 5.52. The van der Waals surface area contributed by atoms with Crippen molar-refractivity contribution in [3.63, 3.8) is 0 Å². The molecule has 1 unspecified atom stereocenters. The molecule has 170 valence electrons. The molecule has 0 saturated carbocycles. The molecule has 1 fully saturated rings. The van der Waals surface area contributed by atoms with Crippen LogP contribution >= 0.6 is 0 Å². The lowest BCUT2D eigenvalue weighted by atomic mass is 9.98. The highest BCUT2D eigenvalue weighted by Gasteiger charge is 2.19. The van der Waals surface area contributed by atoms with Gasteiger partial charge >= 0.3 is 0 Å². The first-order chi connectivity index (χ1) is 16.1. The van der Waals surface area contributed by atoms with Crippen LogP contribution in [0.4, 0.5) is 5.69 Å². The molecular formula is C29H32N2O2. The average molecular weight is 441 g/mol. The molecule has 0 radical (unpaired) electrons. The van der Waals surface area contributed by atoms with E-state index >= 15 is 0 Å². The lowest BCUT2D eigenvalue weighted by molar-refractivity contribution is -0.111. The Hall–Kier alpha value is -3.21. The van der Waals surface area contributed by atoms with Crippen LogP contribution in [0.5, 0.6) is 0 Å². The number of amides is 1. The van der Waals surface area contributed by atoms with Crippen molar-refractivity contribution in [2.45, 2.75) is 26.3 Å².